The molecule has 1 aromatic carbocycles. The third-order valence-electron chi connectivity index (χ3n) is 5.06. The van der Waals surface area contributed by atoms with E-state index in [4.69, 9.17) is 22.3 Å². The van der Waals surface area contributed by atoms with Crippen LogP contribution in [0.25, 0.3) is 21.5 Å². The number of hydrogen-bond acceptors (Lipinski definition) is 4. The first-order valence-electron chi connectivity index (χ1n) is 9.53. The Labute approximate surface area is 173 Å². The molecule has 2 aromatic heterocycles. The molecule has 0 saturated carbocycles. The molecule has 2 heterocycles. The number of carbonyl (C=O) groups is 1. The molecule has 1 amide bonds. The molecule has 6 heteroatoms. The number of nitrogens with two attached hydrogens (primary N) is 1. The third-order valence-corrected chi connectivity index (χ3v) is 6.42. The summed E-state index contributed by atoms with van der Waals surface area (Å²) in [4.78, 5) is 18.6. The molecule has 0 bridgehead atoms. The predicted octanol–water partition coefficient (Wildman–Crippen LogP) is 5.82. The zero-order chi connectivity index (χ0) is 19.5. The summed E-state index contributed by atoms with van der Waals surface area (Å²) >= 11 is 7.30. The third kappa shape index (κ3) is 4.05. The minimum absolute atomic E-state index is 0.120. The van der Waals surface area contributed by atoms with Crippen LogP contribution in [0.4, 0.5) is 5.69 Å². The van der Waals surface area contributed by atoms with Crippen molar-refractivity contribution in [2.24, 2.45) is 0 Å². The van der Waals surface area contributed by atoms with E-state index in [1.165, 1.54) is 29.8 Å². The second-order valence-electron chi connectivity index (χ2n) is 7.02. The number of nitrogens with zero attached hydrogens (tertiary/aromatic N) is 1. The Morgan fingerprint density at radius 3 is 2.75 bits per heavy atom. The van der Waals surface area contributed by atoms with E-state index >= 15 is 0 Å². The quantitative estimate of drug-likeness (QED) is 0.520. The highest BCUT2D eigenvalue weighted by molar-refractivity contribution is 7.21. The van der Waals surface area contributed by atoms with Crippen molar-refractivity contribution in [3.05, 3.63) is 57.9 Å². The fraction of sp³-hybridized carbons (Fsp3) is 0.273. The number of pyridine rings is 1. The highest BCUT2D eigenvalue weighted by atomic mass is 35.5. The van der Waals surface area contributed by atoms with E-state index in [9.17, 15) is 4.79 Å². The summed E-state index contributed by atoms with van der Waals surface area (Å²) in [6.45, 7) is 0.641. The average molecular weight is 412 g/mol. The van der Waals surface area contributed by atoms with Gasteiger partial charge in [0.1, 0.15) is 9.71 Å². The minimum Gasteiger partial charge on any atom is -0.397 e. The van der Waals surface area contributed by atoms with Gasteiger partial charge in [-0.1, -0.05) is 35.4 Å². The number of nitrogen functional groups attached to an aromatic ring is 1. The molecule has 3 N–H and O–H groups in total. The number of allylic oxidation sites excluding steroid dienone is 1. The number of rotatable bonds is 5. The van der Waals surface area contributed by atoms with Gasteiger partial charge in [0.25, 0.3) is 5.91 Å². The zero-order valence-corrected chi connectivity index (χ0v) is 17.1. The van der Waals surface area contributed by atoms with Crippen molar-refractivity contribution in [2.75, 3.05) is 12.3 Å². The molecule has 0 unspecified atom stereocenters. The van der Waals surface area contributed by atoms with E-state index in [-0.39, 0.29) is 5.91 Å². The Morgan fingerprint density at radius 2 is 2.00 bits per heavy atom. The lowest BCUT2D eigenvalue weighted by molar-refractivity contribution is 0.0959. The Kier molecular flexibility index (Phi) is 5.64. The molecule has 4 nitrogen and oxygen atoms in total. The van der Waals surface area contributed by atoms with Crippen molar-refractivity contribution < 1.29 is 4.79 Å². The SMILES string of the molecule is Nc1c(C(=O)NCCC2=CCCCC2)sc2nc(-c3ccc(Cl)cc3)ccc12. The van der Waals surface area contributed by atoms with Gasteiger partial charge in [-0.25, -0.2) is 4.98 Å². The van der Waals surface area contributed by atoms with Gasteiger partial charge in [-0.05, 0) is 56.4 Å². The Hall–Kier alpha value is -2.37. The molecular formula is C22H22ClN3OS. The van der Waals surface area contributed by atoms with Crippen molar-refractivity contribution >= 4 is 44.7 Å². The summed E-state index contributed by atoms with van der Waals surface area (Å²) in [5.74, 6) is -0.120. The van der Waals surface area contributed by atoms with E-state index in [1.54, 1.807) is 0 Å². The van der Waals surface area contributed by atoms with Gasteiger partial charge < -0.3 is 11.1 Å². The molecule has 1 aliphatic carbocycles. The fourth-order valence-electron chi connectivity index (χ4n) is 3.50. The number of fused-ring (bicyclic) bond motifs is 1. The average Bonchev–Trinajstić information content (AvgIpc) is 3.05. The van der Waals surface area contributed by atoms with Gasteiger partial charge in [-0.2, -0.15) is 0 Å². The summed E-state index contributed by atoms with van der Waals surface area (Å²) in [5, 5.41) is 4.52. The van der Waals surface area contributed by atoms with Crippen LogP contribution in [0.1, 0.15) is 41.8 Å². The molecule has 0 aliphatic heterocycles. The Morgan fingerprint density at radius 1 is 1.18 bits per heavy atom. The summed E-state index contributed by atoms with van der Waals surface area (Å²) < 4.78 is 0. The van der Waals surface area contributed by atoms with Gasteiger partial charge in [-0.15, -0.1) is 11.3 Å². The topological polar surface area (TPSA) is 68.0 Å². The van der Waals surface area contributed by atoms with E-state index in [2.05, 4.69) is 11.4 Å². The number of carbonyl (C=O) groups excluding carboxylic acids is 1. The van der Waals surface area contributed by atoms with Crippen LogP contribution in [0.15, 0.2) is 48.0 Å². The Bertz CT molecular complexity index is 1040. The van der Waals surface area contributed by atoms with Crippen LogP contribution in [0.2, 0.25) is 5.02 Å². The molecule has 1 aliphatic rings. The van der Waals surface area contributed by atoms with Crippen LogP contribution in [-0.4, -0.2) is 17.4 Å². The molecular weight excluding hydrogens is 390 g/mol. The van der Waals surface area contributed by atoms with Crippen molar-refractivity contribution in [1.82, 2.24) is 10.3 Å². The van der Waals surface area contributed by atoms with Crippen LogP contribution in [0.5, 0.6) is 0 Å². The maximum absolute atomic E-state index is 12.6. The van der Waals surface area contributed by atoms with Gasteiger partial charge in [-0.3, -0.25) is 4.79 Å². The molecule has 0 atom stereocenters. The highest BCUT2D eigenvalue weighted by Crippen LogP contribution is 2.34. The molecule has 144 valence electrons. The fourth-order valence-corrected chi connectivity index (χ4v) is 4.63. The van der Waals surface area contributed by atoms with E-state index < -0.39 is 0 Å². The zero-order valence-electron chi connectivity index (χ0n) is 15.5. The lowest BCUT2D eigenvalue weighted by Gasteiger charge is -2.12. The van der Waals surface area contributed by atoms with Crippen LogP contribution >= 0.6 is 22.9 Å². The van der Waals surface area contributed by atoms with Gasteiger partial charge in [0, 0.05) is 22.5 Å². The van der Waals surface area contributed by atoms with Crippen molar-refractivity contribution in [3.8, 4) is 11.3 Å². The van der Waals surface area contributed by atoms with Crippen molar-refractivity contribution in [2.45, 2.75) is 32.1 Å². The second-order valence-corrected chi connectivity index (χ2v) is 8.45. The van der Waals surface area contributed by atoms with Crippen molar-refractivity contribution in [1.29, 1.82) is 0 Å². The van der Waals surface area contributed by atoms with E-state index in [0.717, 1.165) is 40.7 Å². The van der Waals surface area contributed by atoms with Gasteiger partial charge >= 0.3 is 0 Å². The van der Waals surface area contributed by atoms with Gasteiger partial charge in [0.05, 0.1) is 11.4 Å². The van der Waals surface area contributed by atoms with Crippen LogP contribution in [0, 0.1) is 0 Å². The first-order chi connectivity index (χ1) is 13.6. The number of halogens is 1. The number of anilines is 1. The van der Waals surface area contributed by atoms with Crippen LogP contribution in [0.3, 0.4) is 0 Å². The number of amides is 1. The molecule has 4 rings (SSSR count). The van der Waals surface area contributed by atoms with Crippen LogP contribution in [-0.2, 0) is 0 Å². The van der Waals surface area contributed by atoms with Crippen molar-refractivity contribution in [3.63, 3.8) is 0 Å². The highest BCUT2D eigenvalue weighted by Gasteiger charge is 2.17. The molecule has 28 heavy (non-hydrogen) atoms. The first kappa shape index (κ1) is 19.0. The first-order valence-corrected chi connectivity index (χ1v) is 10.7. The second kappa shape index (κ2) is 8.33. The van der Waals surface area contributed by atoms with Crippen LogP contribution < -0.4 is 11.1 Å². The lowest BCUT2D eigenvalue weighted by Crippen LogP contribution is -2.24. The lowest BCUT2D eigenvalue weighted by atomic mass is 9.97. The standard InChI is InChI=1S/C22H22ClN3OS/c23-16-8-6-15(7-9-16)18-11-10-17-19(24)20(28-22(17)26-18)21(27)25-13-12-14-4-2-1-3-5-14/h4,6-11H,1-3,5,12-13,24H2,(H,25,27). The summed E-state index contributed by atoms with van der Waals surface area (Å²) in [6.07, 6.45) is 8.07. The minimum atomic E-state index is -0.120. The molecule has 0 saturated heterocycles. The van der Waals surface area contributed by atoms with Gasteiger partial charge in [0.15, 0.2) is 0 Å². The predicted molar refractivity (Wildman–Crippen MR) is 118 cm³/mol. The monoisotopic (exact) mass is 411 g/mol. The summed E-state index contributed by atoms with van der Waals surface area (Å²) in [6, 6.07) is 11.4. The smallest absolute Gasteiger partial charge is 0.263 e. The summed E-state index contributed by atoms with van der Waals surface area (Å²) in [7, 11) is 0. The largest absolute Gasteiger partial charge is 0.397 e. The normalized spacial score (nSPS) is 14.1. The number of hydrogen-bond donors (Lipinski definition) is 2. The maximum atomic E-state index is 12.6. The molecule has 0 fully saturated rings. The number of nitrogens with one attached hydrogen (secondary N) is 1. The Balaban J connectivity index is 1.50. The molecule has 0 radical (unpaired) electrons. The number of aromatic nitrogens is 1. The molecule has 0 spiro atoms. The maximum Gasteiger partial charge on any atom is 0.263 e. The van der Waals surface area contributed by atoms with E-state index in [0.29, 0.717) is 22.1 Å². The molecule has 3 aromatic rings. The number of benzene rings is 1. The van der Waals surface area contributed by atoms with E-state index in [1.807, 2.05) is 36.4 Å². The number of thiophene rings is 1. The van der Waals surface area contributed by atoms with Gasteiger partial charge in [0.2, 0.25) is 0 Å². The summed E-state index contributed by atoms with van der Waals surface area (Å²) in [5.41, 5.74) is 10.0.